The molecule has 5 nitrogen and oxygen atoms in total. The van der Waals surface area contributed by atoms with E-state index in [1.54, 1.807) is 0 Å². The molecule has 2 atom stereocenters. The van der Waals surface area contributed by atoms with Crippen LogP contribution in [0.2, 0.25) is 0 Å². The monoisotopic (exact) mass is 202 g/mol. The maximum absolute atomic E-state index is 10.3. The second-order valence-corrected chi connectivity index (χ2v) is 3.37. The average molecular weight is 202 g/mol. The van der Waals surface area contributed by atoms with E-state index in [9.17, 15) is 9.90 Å². The molecule has 0 aliphatic carbocycles. The Hall–Kier alpha value is -0.820. The van der Waals surface area contributed by atoms with Crippen molar-refractivity contribution >= 4 is 17.6 Å². The number of nitrogens with zero attached hydrogens (tertiary/aromatic N) is 1. The summed E-state index contributed by atoms with van der Waals surface area (Å²) < 4.78 is 0. The van der Waals surface area contributed by atoms with Crippen molar-refractivity contribution in [3.05, 3.63) is 16.1 Å². The number of carbonyl (C=O) groups excluding carboxylic acids is 1. The second-order valence-electron chi connectivity index (χ2n) is 2.48. The minimum Gasteiger partial charge on any atom is -0.389 e. The van der Waals surface area contributed by atoms with Crippen LogP contribution in [-0.4, -0.2) is 34.1 Å². The van der Waals surface area contributed by atoms with Crippen molar-refractivity contribution < 1.29 is 15.0 Å². The molecule has 1 heterocycles. The number of thiazole rings is 1. The predicted octanol–water partition coefficient (Wildman–Crippen LogP) is -0.691. The molecule has 2 unspecified atom stereocenters. The van der Waals surface area contributed by atoms with Gasteiger partial charge in [-0.3, -0.25) is 4.79 Å². The molecule has 1 rings (SSSR count). The van der Waals surface area contributed by atoms with Gasteiger partial charge >= 0.3 is 0 Å². The van der Waals surface area contributed by atoms with Gasteiger partial charge in [0.25, 0.3) is 0 Å². The lowest BCUT2D eigenvalue weighted by Crippen LogP contribution is -2.27. The predicted molar refractivity (Wildman–Crippen MR) is 47.5 cm³/mol. The minimum atomic E-state index is -1.11. The average Bonchev–Trinajstić information content (AvgIpc) is 2.63. The smallest absolute Gasteiger partial charge is 0.169 e. The van der Waals surface area contributed by atoms with Crippen molar-refractivity contribution in [2.45, 2.75) is 12.2 Å². The van der Waals surface area contributed by atoms with Gasteiger partial charge in [0.05, 0.1) is 6.10 Å². The lowest BCUT2D eigenvalue weighted by molar-refractivity contribution is 0.0241. The van der Waals surface area contributed by atoms with Gasteiger partial charge < -0.3 is 15.9 Å². The Morgan fingerprint density at radius 3 is 2.85 bits per heavy atom. The van der Waals surface area contributed by atoms with E-state index in [0.29, 0.717) is 11.3 Å². The third-order valence-corrected chi connectivity index (χ3v) is 2.45. The molecule has 0 aliphatic heterocycles. The number of hydrogen-bond acceptors (Lipinski definition) is 6. The molecular weight excluding hydrogens is 192 g/mol. The number of carbonyl (C=O) groups is 1. The van der Waals surface area contributed by atoms with Crippen LogP contribution in [0.5, 0.6) is 0 Å². The van der Waals surface area contributed by atoms with Gasteiger partial charge in [-0.1, -0.05) is 0 Å². The Morgan fingerprint density at radius 1 is 1.69 bits per heavy atom. The first-order chi connectivity index (χ1) is 6.19. The zero-order valence-corrected chi connectivity index (χ0v) is 7.57. The van der Waals surface area contributed by atoms with Gasteiger partial charge in [0, 0.05) is 11.9 Å². The van der Waals surface area contributed by atoms with E-state index in [2.05, 4.69) is 4.98 Å². The molecule has 0 spiro atoms. The van der Waals surface area contributed by atoms with Crippen LogP contribution in [0, 0.1) is 0 Å². The van der Waals surface area contributed by atoms with Crippen LogP contribution in [0.15, 0.2) is 5.38 Å². The van der Waals surface area contributed by atoms with Crippen LogP contribution in [0.25, 0.3) is 0 Å². The molecule has 0 saturated heterocycles. The molecule has 0 aromatic carbocycles. The van der Waals surface area contributed by atoms with Crippen LogP contribution in [0.4, 0.5) is 0 Å². The molecule has 0 fully saturated rings. The molecule has 0 radical (unpaired) electrons. The van der Waals surface area contributed by atoms with Gasteiger partial charge in [0.15, 0.2) is 6.29 Å². The van der Waals surface area contributed by atoms with Crippen molar-refractivity contribution in [1.29, 1.82) is 0 Å². The van der Waals surface area contributed by atoms with E-state index in [0.717, 1.165) is 11.3 Å². The fraction of sp³-hybridized carbons (Fsp3) is 0.429. The molecule has 0 amide bonds. The quantitative estimate of drug-likeness (QED) is 0.561. The Balaban J connectivity index is 2.76. The molecule has 0 saturated carbocycles. The van der Waals surface area contributed by atoms with Gasteiger partial charge in [-0.15, -0.1) is 11.3 Å². The van der Waals surface area contributed by atoms with Crippen molar-refractivity contribution in [3.8, 4) is 0 Å². The highest BCUT2D eigenvalue weighted by atomic mass is 32.1. The zero-order valence-electron chi connectivity index (χ0n) is 6.75. The maximum Gasteiger partial charge on any atom is 0.169 e. The van der Waals surface area contributed by atoms with E-state index in [1.807, 2.05) is 0 Å². The summed E-state index contributed by atoms with van der Waals surface area (Å²) in [5.41, 5.74) is 5.40. The summed E-state index contributed by atoms with van der Waals surface area (Å²) in [7, 11) is 0. The second kappa shape index (κ2) is 4.43. The van der Waals surface area contributed by atoms with Crippen LogP contribution in [-0.2, 0) is 0 Å². The van der Waals surface area contributed by atoms with Crippen LogP contribution in [0.1, 0.15) is 21.6 Å². The van der Waals surface area contributed by atoms with E-state index >= 15 is 0 Å². The highest BCUT2D eigenvalue weighted by Crippen LogP contribution is 2.20. The number of aromatic nitrogens is 1. The first kappa shape index (κ1) is 10.3. The molecule has 0 bridgehead atoms. The van der Waals surface area contributed by atoms with Gasteiger partial charge in [-0.2, -0.15) is 0 Å². The summed E-state index contributed by atoms with van der Waals surface area (Å²) in [5, 5.41) is 20.4. The molecule has 6 heteroatoms. The highest BCUT2D eigenvalue weighted by molar-refractivity contribution is 7.09. The fourth-order valence-electron chi connectivity index (χ4n) is 0.784. The van der Waals surface area contributed by atoms with Crippen molar-refractivity contribution in [1.82, 2.24) is 4.98 Å². The van der Waals surface area contributed by atoms with Crippen molar-refractivity contribution in [2.75, 3.05) is 6.54 Å². The largest absolute Gasteiger partial charge is 0.389 e. The normalized spacial score (nSPS) is 15.3. The number of aldehydes is 1. The van der Waals surface area contributed by atoms with Crippen molar-refractivity contribution in [3.63, 3.8) is 0 Å². The van der Waals surface area contributed by atoms with Gasteiger partial charge in [-0.25, -0.2) is 4.98 Å². The first-order valence-corrected chi connectivity index (χ1v) is 4.53. The Labute approximate surface area is 78.8 Å². The SMILES string of the molecule is NCC(O)C(O)c1nc(C=O)cs1. The molecule has 13 heavy (non-hydrogen) atoms. The molecule has 1 aromatic heterocycles. The lowest BCUT2D eigenvalue weighted by Gasteiger charge is -2.12. The van der Waals surface area contributed by atoms with Crippen molar-refractivity contribution in [2.24, 2.45) is 5.73 Å². The summed E-state index contributed by atoms with van der Waals surface area (Å²) in [5.74, 6) is 0. The molecule has 4 N–H and O–H groups in total. The van der Waals surface area contributed by atoms with Gasteiger partial charge in [0.2, 0.25) is 0 Å². The highest BCUT2D eigenvalue weighted by Gasteiger charge is 2.19. The van der Waals surface area contributed by atoms with Gasteiger partial charge in [-0.05, 0) is 0 Å². The summed E-state index contributed by atoms with van der Waals surface area (Å²) in [4.78, 5) is 14.0. The summed E-state index contributed by atoms with van der Waals surface area (Å²) in [6.45, 7) is -0.0445. The number of nitrogens with two attached hydrogens (primary N) is 1. The Bertz CT molecular complexity index is 289. The molecule has 0 aliphatic rings. The standard InChI is InChI=1S/C7H10N2O3S/c8-1-5(11)6(12)7-9-4(2-10)3-13-7/h2-3,5-6,11-12H,1,8H2. The number of hydrogen-bond donors (Lipinski definition) is 3. The van der Waals surface area contributed by atoms with Crippen LogP contribution >= 0.6 is 11.3 Å². The maximum atomic E-state index is 10.3. The van der Waals surface area contributed by atoms with Crippen LogP contribution in [0.3, 0.4) is 0 Å². The minimum absolute atomic E-state index is 0.0445. The van der Waals surface area contributed by atoms with E-state index in [1.165, 1.54) is 5.38 Å². The number of aliphatic hydroxyl groups excluding tert-OH is 2. The summed E-state index contributed by atoms with van der Waals surface area (Å²) in [6, 6.07) is 0. The number of aliphatic hydroxyl groups is 2. The summed E-state index contributed by atoms with van der Waals surface area (Å²) in [6.07, 6.45) is -1.56. The molecular formula is C7H10N2O3S. The Morgan fingerprint density at radius 2 is 2.38 bits per heavy atom. The van der Waals surface area contributed by atoms with Gasteiger partial charge in [0.1, 0.15) is 16.8 Å². The fourth-order valence-corrected chi connectivity index (χ4v) is 1.59. The third kappa shape index (κ3) is 2.31. The zero-order chi connectivity index (χ0) is 9.84. The topological polar surface area (TPSA) is 96.4 Å². The Kier molecular flexibility index (Phi) is 3.49. The first-order valence-electron chi connectivity index (χ1n) is 3.65. The van der Waals surface area contributed by atoms with E-state index in [-0.39, 0.29) is 12.2 Å². The van der Waals surface area contributed by atoms with E-state index in [4.69, 9.17) is 10.8 Å². The lowest BCUT2D eigenvalue weighted by atomic mass is 10.2. The van der Waals surface area contributed by atoms with Crippen LogP contribution < -0.4 is 5.73 Å². The van der Waals surface area contributed by atoms with E-state index < -0.39 is 12.2 Å². The summed E-state index contributed by atoms with van der Waals surface area (Å²) >= 11 is 1.12. The molecule has 72 valence electrons. The molecule has 1 aromatic rings. The number of rotatable bonds is 4. The third-order valence-electron chi connectivity index (χ3n) is 1.52.